The number of hydrogen-bond donors (Lipinski definition) is 0. The second kappa shape index (κ2) is 8.28. The molecular weight excluding hydrogens is 380 g/mol. The van der Waals surface area contributed by atoms with Crippen LogP contribution in [0.4, 0.5) is 5.13 Å². The van der Waals surface area contributed by atoms with Gasteiger partial charge in [0.2, 0.25) is 0 Å². The Morgan fingerprint density at radius 3 is 2.62 bits per heavy atom. The Morgan fingerprint density at radius 2 is 1.83 bits per heavy atom. The normalized spacial score (nSPS) is 19.0. The van der Waals surface area contributed by atoms with Gasteiger partial charge < -0.3 is 14.5 Å². The average Bonchev–Trinajstić information content (AvgIpc) is 3.23. The molecule has 0 amide bonds. The zero-order chi connectivity index (χ0) is 19.6. The van der Waals surface area contributed by atoms with Crippen LogP contribution >= 0.6 is 11.3 Å². The van der Waals surface area contributed by atoms with E-state index in [4.69, 9.17) is 9.72 Å². The lowest BCUT2D eigenvalue weighted by Gasteiger charge is -2.40. The van der Waals surface area contributed by atoms with E-state index in [9.17, 15) is 0 Å². The molecule has 152 valence electrons. The molecule has 6 heteroatoms. The Labute approximate surface area is 176 Å². The number of rotatable bonds is 4. The second-order valence-electron chi connectivity index (χ2n) is 8.06. The van der Waals surface area contributed by atoms with Gasteiger partial charge in [-0.1, -0.05) is 36.0 Å². The molecule has 0 bridgehead atoms. The van der Waals surface area contributed by atoms with Crippen LogP contribution in [-0.4, -0.2) is 54.2 Å². The Balaban J connectivity index is 1.33. The second-order valence-corrected chi connectivity index (χ2v) is 9.07. The van der Waals surface area contributed by atoms with Crippen LogP contribution in [0.15, 0.2) is 36.5 Å². The third kappa shape index (κ3) is 3.83. The molecule has 0 saturated carbocycles. The van der Waals surface area contributed by atoms with Gasteiger partial charge in [0, 0.05) is 36.5 Å². The number of pyridine rings is 1. The maximum absolute atomic E-state index is 5.52. The molecular formula is C23H28N4OS. The summed E-state index contributed by atoms with van der Waals surface area (Å²) >= 11 is 1.76. The first kappa shape index (κ1) is 18.8. The average molecular weight is 409 g/mol. The van der Waals surface area contributed by atoms with Crippen molar-refractivity contribution in [3.8, 4) is 16.9 Å². The first-order valence-electron chi connectivity index (χ1n) is 10.7. The quantitative estimate of drug-likeness (QED) is 0.619. The van der Waals surface area contributed by atoms with Crippen molar-refractivity contribution in [2.24, 2.45) is 0 Å². The van der Waals surface area contributed by atoms with Gasteiger partial charge in [0.15, 0.2) is 10.8 Å². The standard InChI is InChI=1S/C23H28N4OS/c1-28-20-8-4-3-7-19(20)17-15-21-22(24-16-17)25-23(29-21)27-13-9-18(10-14-27)26-11-5-2-6-12-26/h3-4,7-8,15-16,18H,2,5-6,9-14H2,1H3. The first-order chi connectivity index (χ1) is 14.3. The van der Waals surface area contributed by atoms with E-state index in [-0.39, 0.29) is 0 Å². The van der Waals surface area contributed by atoms with E-state index in [2.05, 4.69) is 26.9 Å². The van der Waals surface area contributed by atoms with Crippen molar-refractivity contribution in [2.45, 2.75) is 38.1 Å². The molecule has 0 aliphatic carbocycles. The molecule has 5 rings (SSSR count). The van der Waals surface area contributed by atoms with Gasteiger partial charge in [-0.15, -0.1) is 0 Å². The van der Waals surface area contributed by atoms with Crippen LogP contribution in [0.1, 0.15) is 32.1 Å². The molecule has 2 aromatic heterocycles. The molecule has 0 atom stereocenters. The summed E-state index contributed by atoms with van der Waals surface area (Å²) < 4.78 is 6.66. The molecule has 0 spiro atoms. The topological polar surface area (TPSA) is 41.5 Å². The zero-order valence-corrected chi connectivity index (χ0v) is 17.8. The van der Waals surface area contributed by atoms with E-state index in [1.807, 2.05) is 24.4 Å². The number of thiazole rings is 1. The number of para-hydroxylation sites is 1. The number of anilines is 1. The lowest BCUT2D eigenvalue weighted by atomic mass is 10.0. The van der Waals surface area contributed by atoms with Gasteiger partial charge in [-0.2, -0.15) is 4.98 Å². The third-order valence-corrected chi connectivity index (χ3v) is 7.35. The number of likely N-dealkylation sites (tertiary alicyclic amines) is 1. The van der Waals surface area contributed by atoms with Gasteiger partial charge in [-0.3, -0.25) is 0 Å². The lowest BCUT2D eigenvalue weighted by Crippen LogP contribution is -2.46. The predicted molar refractivity (Wildman–Crippen MR) is 120 cm³/mol. The van der Waals surface area contributed by atoms with Crippen LogP contribution in [0.3, 0.4) is 0 Å². The minimum absolute atomic E-state index is 0.760. The van der Waals surface area contributed by atoms with Crippen molar-refractivity contribution < 1.29 is 4.74 Å². The summed E-state index contributed by atoms with van der Waals surface area (Å²) in [4.78, 5) is 14.7. The number of methoxy groups -OCH3 is 1. The Bertz CT molecular complexity index is 974. The molecule has 2 saturated heterocycles. The monoisotopic (exact) mass is 408 g/mol. The van der Waals surface area contributed by atoms with Crippen LogP contribution < -0.4 is 9.64 Å². The number of ether oxygens (including phenoxy) is 1. The molecule has 2 aliphatic rings. The number of aromatic nitrogens is 2. The van der Waals surface area contributed by atoms with Crippen molar-refractivity contribution in [2.75, 3.05) is 38.2 Å². The van der Waals surface area contributed by atoms with Gasteiger partial charge in [0.25, 0.3) is 0 Å². The van der Waals surface area contributed by atoms with Gasteiger partial charge in [-0.05, 0) is 50.9 Å². The minimum Gasteiger partial charge on any atom is -0.496 e. The van der Waals surface area contributed by atoms with E-state index in [0.717, 1.165) is 51.5 Å². The lowest BCUT2D eigenvalue weighted by molar-refractivity contribution is 0.141. The van der Waals surface area contributed by atoms with Crippen molar-refractivity contribution in [1.29, 1.82) is 0 Å². The Morgan fingerprint density at radius 1 is 1.03 bits per heavy atom. The molecule has 0 radical (unpaired) electrons. The van der Waals surface area contributed by atoms with Gasteiger partial charge in [0.05, 0.1) is 11.8 Å². The molecule has 0 N–H and O–H groups in total. The Kier molecular flexibility index (Phi) is 5.38. The summed E-state index contributed by atoms with van der Waals surface area (Å²) in [6.45, 7) is 4.78. The number of nitrogens with zero attached hydrogens (tertiary/aromatic N) is 4. The van der Waals surface area contributed by atoms with E-state index < -0.39 is 0 Å². The largest absolute Gasteiger partial charge is 0.496 e. The van der Waals surface area contributed by atoms with Crippen LogP contribution in [0, 0.1) is 0 Å². The van der Waals surface area contributed by atoms with E-state index in [1.54, 1.807) is 18.4 Å². The highest BCUT2D eigenvalue weighted by Gasteiger charge is 2.27. The minimum atomic E-state index is 0.760. The SMILES string of the molecule is COc1ccccc1-c1cnc2nc(N3CCC(N4CCCCC4)CC3)sc2c1. The molecule has 0 unspecified atom stereocenters. The number of piperidine rings is 2. The van der Waals surface area contributed by atoms with Crippen LogP contribution in [0.2, 0.25) is 0 Å². The van der Waals surface area contributed by atoms with Crippen molar-refractivity contribution in [3.63, 3.8) is 0 Å². The van der Waals surface area contributed by atoms with E-state index in [0.29, 0.717) is 0 Å². The molecule has 29 heavy (non-hydrogen) atoms. The molecule has 3 aromatic rings. The van der Waals surface area contributed by atoms with Crippen LogP contribution in [0.25, 0.3) is 21.5 Å². The van der Waals surface area contributed by atoms with Crippen molar-refractivity contribution in [3.05, 3.63) is 36.5 Å². The molecule has 2 fully saturated rings. The number of fused-ring (bicyclic) bond motifs is 1. The summed E-state index contributed by atoms with van der Waals surface area (Å²) in [5.74, 6) is 0.873. The van der Waals surface area contributed by atoms with E-state index >= 15 is 0 Å². The fraction of sp³-hybridized carbons (Fsp3) is 0.478. The van der Waals surface area contributed by atoms with E-state index in [1.165, 1.54) is 45.2 Å². The van der Waals surface area contributed by atoms with Crippen molar-refractivity contribution >= 4 is 26.8 Å². The maximum Gasteiger partial charge on any atom is 0.188 e. The van der Waals surface area contributed by atoms with Gasteiger partial charge in [0.1, 0.15) is 5.75 Å². The summed E-state index contributed by atoms with van der Waals surface area (Å²) in [6.07, 6.45) is 8.55. The smallest absolute Gasteiger partial charge is 0.188 e. The summed E-state index contributed by atoms with van der Waals surface area (Å²) in [5, 5.41) is 1.11. The highest BCUT2D eigenvalue weighted by molar-refractivity contribution is 7.22. The zero-order valence-electron chi connectivity index (χ0n) is 17.0. The van der Waals surface area contributed by atoms with Crippen molar-refractivity contribution in [1.82, 2.24) is 14.9 Å². The Hall–Kier alpha value is -2.18. The summed E-state index contributed by atoms with van der Waals surface area (Å²) in [6, 6.07) is 11.1. The molecule has 2 aliphatic heterocycles. The summed E-state index contributed by atoms with van der Waals surface area (Å²) in [5.41, 5.74) is 3.00. The molecule has 1 aromatic carbocycles. The third-order valence-electron chi connectivity index (χ3n) is 6.30. The maximum atomic E-state index is 5.52. The first-order valence-corrected chi connectivity index (χ1v) is 11.5. The highest BCUT2D eigenvalue weighted by atomic mass is 32.1. The number of hydrogen-bond acceptors (Lipinski definition) is 6. The van der Waals surface area contributed by atoms with Crippen LogP contribution in [-0.2, 0) is 0 Å². The number of benzene rings is 1. The van der Waals surface area contributed by atoms with Crippen LogP contribution in [0.5, 0.6) is 5.75 Å². The fourth-order valence-electron chi connectivity index (χ4n) is 4.68. The predicted octanol–water partition coefficient (Wildman–Crippen LogP) is 4.82. The fourth-order valence-corrected chi connectivity index (χ4v) is 5.70. The van der Waals surface area contributed by atoms with Gasteiger partial charge in [-0.25, -0.2) is 4.98 Å². The molecule has 5 nitrogen and oxygen atoms in total. The highest BCUT2D eigenvalue weighted by Crippen LogP contribution is 2.35. The van der Waals surface area contributed by atoms with Gasteiger partial charge >= 0.3 is 0 Å². The summed E-state index contributed by atoms with van der Waals surface area (Å²) in [7, 11) is 1.71. The molecule has 4 heterocycles.